The fraction of sp³-hybridized carbons (Fsp3) is 0.500. The molecule has 2 amide bonds. The zero-order chi connectivity index (χ0) is 32.7. The molecule has 0 heterocycles. The van der Waals surface area contributed by atoms with E-state index in [1.807, 2.05) is 48.5 Å². The van der Waals surface area contributed by atoms with E-state index in [4.69, 9.17) is 9.47 Å². The molecular formula is C30H34F6N2O6. The Labute approximate surface area is 250 Å². The Morgan fingerprint density at radius 2 is 1.41 bits per heavy atom. The molecule has 14 heteroatoms. The number of unbranched alkanes of at least 4 members (excludes halogenated alkanes) is 1. The molecule has 0 saturated carbocycles. The standard InChI is InChI=1S/C30H34F6N2O6/c1-28(2,3)44-27(41)38(17-29(31,32)33)15-9-8-14-24(25(39)43-18-30(34,35)36)37-26(40)42-16-23-21-12-6-4-10-19(21)20-11-5-7-13-22(20)23/h4-7,10-13,23-24H,8-9,14-18H2,1-3H3,(H,37,40)/t24-/m0/s1. The number of carbonyl (C=O) groups excluding carboxylic acids is 3. The van der Waals surface area contributed by atoms with Crippen LogP contribution in [-0.2, 0) is 19.0 Å². The van der Waals surface area contributed by atoms with Gasteiger partial charge in [0.05, 0.1) is 0 Å². The lowest BCUT2D eigenvalue weighted by atomic mass is 9.98. The molecule has 0 unspecified atom stereocenters. The van der Waals surface area contributed by atoms with Crippen molar-refractivity contribution in [1.82, 2.24) is 10.2 Å². The Morgan fingerprint density at radius 1 is 0.841 bits per heavy atom. The molecule has 0 radical (unpaired) electrons. The number of alkyl carbamates (subject to hydrolysis) is 1. The van der Waals surface area contributed by atoms with Gasteiger partial charge in [-0.15, -0.1) is 0 Å². The zero-order valence-electron chi connectivity index (χ0n) is 24.4. The number of rotatable bonds is 11. The molecule has 0 bridgehead atoms. The van der Waals surface area contributed by atoms with Gasteiger partial charge in [0.25, 0.3) is 0 Å². The number of alkyl halides is 6. The highest BCUT2D eigenvalue weighted by molar-refractivity contribution is 5.82. The summed E-state index contributed by atoms with van der Waals surface area (Å²) in [6, 6.07) is 13.5. The molecule has 8 nitrogen and oxygen atoms in total. The van der Waals surface area contributed by atoms with Crippen LogP contribution in [0.15, 0.2) is 48.5 Å². The minimum Gasteiger partial charge on any atom is -0.455 e. The lowest BCUT2D eigenvalue weighted by Crippen LogP contribution is -2.44. The number of nitrogens with zero attached hydrogens (tertiary/aromatic N) is 1. The van der Waals surface area contributed by atoms with Crippen LogP contribution in [0.4, 0.5) is 35.9 Å². The maximum Gasteiger partial charge on any atom is 0.422 e. The normalized spacial score (nSPS) is 13.8. The molecule has 44 heavy (non-hydrogen) atoms. The van der Waals surface area contributed by atoms with Gasteiger partial charge in [0.2, 0.25) is 0 Å². The van der Waals surface area contributed by atoms with Crippen molar-refractivity contribution in [3.8, 4) is 11.1 Å². The summed E-state index contributed by atoms with van der Waals surface area (Å²) >= 11 is 0. The van der Waals surface area contributed by atoms with Crippen molar-refractivity contribution in [3.05, 3.63) is 59.7 Å². The summed E-state index contributed by atoms with van der Waals surface area (Å²) in [5.74, 6) is -1.72. The van der Waals surface area contributed by atoms with Gasteiger partial charge in [-0.1, -0.05) is 48.5 Å². The monoisotopic (exact) mass is 632 g/mol. The van der Waals surface area contributed by atoms with Crippen molar-refractivity contribution in [2.45, 2.75) is 69.9 Å². The highest BCUT2D eigenvalue weighted by Gasteiger charge is 2.36. The molecule has 2 aromatic rings. The highest BCUT2D eigenvalue weighted by atomic mass is 19.4. The number of hydrogen-bond donors (Lipinski definition) is 1. The van der Waals surface area contributed by atoms with Crippen LogP contribution in [0.2, 0.25) is 0 Å². The Morgan fingerprint density at radius 3 is 1.93 bits per heavy atom. The van der Waals surface area contributed by atoms with Crippen LogP contribution in [0.3, 0.4) is 0 Å². The number of hydrogen-bond acceptors (Lipinski definition) is 6. The van der Waals surface area contributed by atoms with Gasteiger partial charge in [0, 0.05) is 12.5 Å². The lowest BCUT2D eigenvalue weighted by molar-refractivity contribution is -0.187. The Balaban J connectivity index is 1.63. The van der Waals surface area contributed by atoms with Gasteiger partial charge >= 0.3 is 30.5 Å². The molecule has 1 aliphatic rings. The Hall–Kier alpha value is -3.97. The topological polar surface area (TPSA) is 94.2 Å². The largest absolute Gasteiger partial charge is 0.455 e. The van der Waals surface area contributed by atoms with E-state index in [9.17, 15) is 40.7 Å². The van der Waals surface area contributed by atoms with Crippen molar-refractivity contribution in [3.63, 3.8) is 0 Å². The third-order valence-corrected chi connectivity index (χ3v) is 6.49. The minimum absolute atomic E-state index is 0.0629. The average molecular weight is 633 g/mol. The number of esters is 1. The van der Waals surface area contributed by atoms with Gasteiger partial charge in [-0.05, 0) is 62.3 Å². The molecule has 3 rings (SSSR count). The molecule has 1 aliphatic carbocycles. The SMILES string of the molecule is CC(C)(C)OC(=O)N(CCCC[C@H](NC(=O)OCC1c2ccccc2-c2ccccc21)C(=O)OCC(F)(F)F)CC(F)(F)F. The third-order valence-electron chi connectivity index (χ3n) is 6.49. The molecule has 1 atom stereocenters. The van der Waals surface area contributed by atoms with E-state index in [0.29, 0.717) is 4.90 Å². The molecule has 2 aromatic carbocycles. The predicted octanol–water partition coefficient (Wildman–Crippen LogP) is 6.97. The van der Waals surface area contributed by atoms with E-state index < -0.39 is 61.8 Å². The molecule has 0 fully saturated rings. The van der Waals surface area contributed by atoms with Crippen LogP contribution in [-0.4, -0.2) is 73.4 Å². The van der Waals surface area contributed by atoms with E-state index in [1.54, 1.807) is 0 Å². The second-order valence-corrected chi connectivity index (χ2v) is 11.3. The van der Waals surface area contributed by atoms with Crippen LogP contribution in [0, 0.1) is 0 Å². The summed E-state index contributed by atoms with van der Waals surface area (Å²) in [4.78, 5) is 37.9. The summed E-state index contributed by atoms with van der Waals surface area (Å²) < 4.78 is 91.9. The number of benzene rings is 2. The van der Waals surface area contributed by atoms with Crippen LogP contribution >= 0.6 is 0 Å². The fourth-order valence-corrected chi connectivity index (χ4v) is 4.71. The van der Waals surface area contributed by atoms with Crippen molar-refractivity contribution in [1.29, 1.82) is 0 Å². The summed E-state index contributed by atoms with van der Waals surface area (Å²) in [6.07, 6.45) is -12.3. The molecule has 1 N–H and O–H groups in total. The first-order valence-electron chi connectivity index (χ1n) is 13.8. The number of halogens is 6. The van der Waals surface area contributed by atoms with E-state index in [-0.39, 0.29) is 31.8 Å². The predicted molar refractivity (Wildman–Crippen MR) is 147 cm³/mol. The molecule has 0 spiro atoms. The zero-order valence-corrected chi connectivity index (χ0v) is 24.4. The minimum atomic E-state index is -4.82. The van der Waals surface area contributed by atoms with Gasteiger partial charge in [0.1, 0.15) is 24.8 Å². The first kappa shape index (κ1) is 34.5. The van der Waals surface area contributed by atoms with Crippen molar-refractivity contribution >= 4 is 18.2 Å². The number of nitrogens with one attached hydrogen (secondary N) is 1. The second kappa shape index (κ2) is 14.2. The van der Waals surface area contributed by atoms with Crippen molar-refractivity contribution in [2.24, 2.45) is 0 Å². The third kappa shape index (κ3) is 10.6. The van der Waals surface area contributed by atoms with Gasteiger partial charge in [-0.2, -0.15) is 26.3 Å². The summed E-state index contributed by atoms with van der Waals surface area (Å²) in [6.45, 7) is 0.425. The molecule has 0 aliphatic heterocycles. The van der Waals surface area contributed by atoms with E-state index in [0.717, 1.165) is 22.3 Å². The van der Waals surface area contributed by atoms with Crippen LogP contribution in [0.1, 0.15) is 57.1 Å². The van der Waals surface area contributed by atoms with Crippen LogP contribution < -0.4 is 5.32 Å². The molecule has 0 saturated heterocycles. The molecular weight excluding hydrogens is 598 g/mol. The van der Waals surface area contributed by atoms with Crippen LogP contribution in [0.5, 0.6) is 0 Å². The summed E-state index contributed by atoms with van der Waals surface area (Å²) in [7, 11) is 0. The summed E-state index contributed by atoms with van der Waals surface area (Å²) in [5.41, 5.74) is 2.71. The number of amides is 2. The Kier molecular flexibility index (Phi) is 11.1. The first-order chi connectivity index (χ1) is 20.4. The smallest absolute Gasteiger partial charge is 0.422 e. The summed E-state index contributed by atoms with van der Waals surface area (Å²) in [5, 5.41) is 2.22. The van der Waals surface area contributed by atoms with Gasteiger partial charge in [-0.3, -0.25) is 4.90 Å². The number of ether oxygens (including phenoxy) is 3. The lowest BCUT2D eigenvalue weighted by Gasteiger charge is -2.28. The number of fused-ring (bicyclic) bond motifs is 3. The number of carbonyl (C=O) groups is 3. The first-order valence-corrected chi connectivity index (χ1v) is 13.8. The quantitative estimate of drug-likeness (QED) is 0.125. The fourth-order valence-electron chi connectivity index (χ4n) is 4.71. The van der Waals surface area contributed by atoms with E-state index in [1.165, 1.54) is 20.8 Å². The van der Waals surface area contributed by atoms with Crippen LogP contribution in [0.25, 0.3) is 11.1 Å². The maximum atomic E-state index is 13.1. The maximum absolute atomic E-state index is 13.1. The van der Waals surface area contributed by atoms with Gasteiger partial charge in [0.15, 0.2) is 6.61 Å². The van der Waals surface area contributed by atoms with E-state index in [2.05, 4.69) is 10.1 Å². The molecule has 242 valence electrons. The Bertz CT molecular complexity index is 1260. The van der Waals surface area contributed by atoms with Crippen molar-refractivity contribution in [2.75, 3.05) is 26.3 Å². The average Bonchev–Trinajstić information content (AvgIpc) is 3.23. The second-order valence-electron chi connectivity index (χ2n) is 11.3. The van der Waals surface area contributed by atoms with Gasteiger partial charge < -0.3 is 19.5 Å². The van der Waals surface area contributed by atoms with Crippen molar-refractivity contribution < 1.29 is 54.9 Å². The molecule has 0 aromatic heterocycles. The van der Waals surface area contributed by atoms with Gasteiger partial charge in [-0.25, -0.2) is 14.4 Å². The highest BCUT2D eigenvalue weighted by Crippen LogP contribution is 2.44. The van der Waals surface area contributed by atoms with E-state index >= 15 is 0 Å².